The summed E-state index contributed by atoms with van der Waals surface area (Å²) in [5.41, 5.74) is 0. The van der Waals surface area contributed by atoms with E-state index in [-0.39, 0.29) is 0 Å². The summed E-state index contributed by atoms with van der Waals surface area (Å²) in [6.07, 6.45) is 9.58. The van der Waals surface area contributed by atoms with E-state index in [1.807, 2.05) is 6.08 Å². The Morgan fingerprint density at radius 1 is 1.55 bits per heavy atom. The molecule has 0 spiro atoms. The lowest BCUT2D eigenvalue weighted by Crippen LogP contribution is -1.93. The molecule has 0 amide bonds. The third kappa shape index (κ3) is 7.04. The lowest BCUT2D eigenvalue weighted by Gasteiger charge is -2.02. The Morgan fingerprint density at radius 2 is 2.27 bits per heavy atom. The van der Waals surface area contributed by atoms with Gasteiger partial charge in [0.05, 0.1) is 0 Å². The van der Waals surface area contributed by atoms with Crippen molar-refractivity contribution in [2.75, 3.05) is 0 Å². The van der Waals surface area contributed by atoms with Gasteiger partial charge in [-0.05, 0) is 18.8 Å². The Labute approximate surface area is 68.8 Å². The van der Waals surface area contributed by atoms with Crippen molar-refractivity contribution in [2.24, 2.45) is 5.92 Å². The van der Waals surface area contributed by atoms with Gasteiger partial charge in [0.25, 0.3) is 0 Å². The van der Waals surface area contributed by atoms with Crippen LogP contribution < -0.4 is 0 Å². The van der Waals surface area contributed by atoms with Crippen LogP contribution >= 0.6 is 0 Å². The summed E-state index contributed by atoms with van der Waals surface area (Å²) in [7, 11) is 0. The normalized spacial score (nSPS) is 13.2. The number of hydrogen-bond acceptors (Lipinski definition) is 1. The van der Waals surface area contributed by atoms with Crippen LogP contribution in [0.4, 0.5) is 0 Å². The Balaban J connectivity index is 3.29. The number of rotatable bonds is 6. The molecule has 0 fully saturated rings. The van der Waals surface area contributed by atoms with Crippen molar-refractivity contribution < 1.29 is 4.79 Å². The van der Waals surface area contributed by atoms with Crippen LogP contribution in [0.1, 0.15) is 26.2 Å². The minimum atomic E-state index is 0.516. The summed E-state index contributed by atoms with van der Waals surface area (Å²) in [4.78, 5) is 10.1. The number of carbonyl (C=O) groups excluding carboxylic acids is 1. The van der Waals surface area contributed by atoms with Crippen molar-refractivity contribution in [2.45, 2.75) is 26.2 Å². The number of hydrogen-bond donors (Lipinski definition) is 0. The number of allylic oxidation sites excluding steroid dienone is 3. The van der Waals surface area contributed by atoms with E-state index in [1.54, 1.807) is 6.08 Å². The Morgan fingerprint density at radius 3 is 2.82 bits per heavy atom. The molecule has 0 saturated carbocycles. The molecule has 1 unspecified atom stereocenters. The predicted octanol–water partition coefficient (Wildman–Crippen LogP) is 2.73. The smallest absolute Gasteiger partial charge is 0.120 e. The molecule has 1 nitrogen and oxygen atoms in total. The SMILES string of the molecule is C=C/C=C/CCC(C)CC=O. The first kappa shape index (κ1) is 10.2. The number of carbonyl (C=O) groups is 1. The molecule has 0 aromatic carbocycles. The predicted molar refractivity (Wildman–Crippen MR) is 48.4 cm³/mol. The van der Waals surface area contributed by atoms with Crippen molar-refractivity contribution in [1.82, 2.24) is 0 Å². The molecule has 1 atom stereocenters. The highest BCUT2D eigenvalue weighted by atomic mass is 16.1. The third-order valence-electron chi connectivity index (χ3n) is 1.60. The van der Waals surface area contributed by atoms with Gasteiger partial charge in [-0.1, -0.05) is 31.7 Å². The maximum absolute atomic E-state index is 10.1. The topological polar surface area (TPSA) is 17.1 Å². The lowest BCUT2D eigenvalue weighted by molar-refractivity contribution is -0.108. The average Bonchev–Trinajstić information content (AvgIpc) is 1.99. The molecule has 0 aromatic heterocycles. The molecule has 0 N–H and O–H groups in total. The van der Waals surface area contributed by atoms with E-state index < -0.39 is 0 Å². The summed E-state index contributed by atoms with van der Waals surface area (Å²) < 4.78 is 0. The molecule has 0 bridgehead atoms. The van der Waals surface area contributed by atoms with Gasteiger partial charge in [0, 0.05) is 6.42 Å². The minimum Gasteiger partial charge on any atom is -0.303 e. The van der Waals surface area contributed by atoms with E-state index in [2.05, 4.69) is 19.6 Å². The van der Waals surface area contributed by atoms with Crippen LogP contribution in [-0.4, -0.2) is 6.29 Å². The fourth-order valence-corrected chi connectivity index (χ4v) is 0.855. The van der Waals surface area contributed by atoms with E-state index in [4.69, 9.17) is 0 Å². The average molecular weight is 152 g/mol. The first-order valence-electron chi connectivity index (χ1n) is 4.02. The van der Waals surface area contributed by atoms with Crippen LogP contribution in [0.3, 0.4) is 0 Å². The fourth-order valence-electron chi connectivity index (χ4n) is 0.855. The second kappa shape index (κ2) is 7.26. The zero-order valence-corrected chi connectivity index (χ0v) is 7.12. The lowest BCUT2D eigenvalue weighted by atomic mass is 10.0. The van der Waals surface area contributed by atoms with Gasteiger partial charge in [-0.3, -0.25) is 0 Å². The van der Waals surface area contributed by atoms with Crippen LogP contribution in [0.5, 0.6) is 0 Å². The first-order chi connectivity index (χ1) is 5.31. The molecule has 0 aliphatic carbocycles. The summed E-state index contributed by atoms with van der Waals surface area (Å²) in [6, 6.07) is 0. The molecule has 0 aromatic rings. The summed E-state index contributed by atoms with van der Waals surface area (Å²) in [5.74, 6) is 0.516. The molecular weight excluding hydrogens is 136 g/mol. The zero-order chi connectivity index (χ0) is 8.53. The van der Waals surface area contributed by atoms with Crippen LogP contribution in [-0.2, 0) is 4.79 Å². The second-order valence-corrected chi connectivity index (χ2v) is 2.75. The van der Waals surface area contributed by atoms with Gasteiger partial charge in [-0.2, -0.15) is 0 Å². The van der Waals surface area contributed by atoms with Crippen molar-refractivity contribution in [1.29, 1.82) is 0 Å². The zero-order valence-electron chi connectivity index (χ0n) is 7.12. The summed E-state index contributed by atoms with van der Waals surface area (Å²) in [5, 5.41) is 0. The monoisotopic (exact) mass is 152 g/mol. The van der Waals surface area contributed by atoms with Gasteiger partial charge in [0.1, 0.15) is 6.29 Å². The van der Waals surface area contributed by atoms with E-state index in [1.165, 1.54) is 0 Å². The Kier molecular flexibility index (Phi) is 6.70. The van der Waals surface area contributed by atoms with Crippen LogP contribution in [0.25, 0.3) is 0 Å². The molecular formula is C10H16O. The van der Waals surface area contributed by atoms with Crippen LogP contribution in [0, 0.1) is 5.92 Å². The van der Waals surface area contributed by atoms with E-state index in [0.29, 0.717) is 12.3 Å². The van der Waals surface area contributed by atoms with E-state index in [9.17, 15) is 4.79 Å². The molecule has 0 aliphatic heterocycles. The first-order valence-corrected chi connectivity index (χ1v) is 4.02. The third-order valence-corrected chi connectivity index (χ3v) is 1.60. The number of aldehydes is 1. The van der Waals surface area contributed by atoms with Crippen molar-refractivity contribution in [3.05, 3.63) is 24.8 Å². The maximum Gasteiger partial charge on any atom is 0.120 e. The van der Waals surface area contributed by atoms with Gasteiger partial charge in [-0.15, -0.1) is 0 Å². The molecule has 11 heavy (non-hydrogen) atoms. The van der Waals surface area contributed by atoms with Crippen molar-refractivity contribution >= 4 is 6.29 Å². The Hall–Kier alpha value is -0.850. The van der Waals surface area contributed by atoms with E-state index in [0.717, 1.165) is 19.1 Å². The highest BCUT2D eigenvalue weighted by molar-refractivity contribution is 5.49. The van der Waals surface area contributed by atoms with Gasteiger partial charge in [-0.25, -0.2) is 0 Å². The highest BCUT2D eigenvalue weighted by Crippen LogP contribution is 2.08. The minimum absolute atomic E-state index is 0.516. The Bertz CT molecular complexity index is 136. The molecule has 0 aliphatic rings. The van der Waals surface area contributed by atoms with Gasteiger partial charge >= 0.3 is 0 Å². The molecule has 0 heterocycles. The van der Waals surface area contributed by atoms with Gasteiger partial charge < -0.3 is 4.79 Å². The maximum atomic E-state index is 10.1. The van der Waals surface area contributed by atoms with Crippen molar-refractivity contribution in [3.63, 3.8) is 0 Å². The van der Waals surface area contributed by atoms with Crippen molar-refractivity contribution in [3.8, 4) is 0 Å². The standard InChI is InChI=1S/C10H16O/c1-3-4-5-6-7-10(2)8-9-11/h3-5,9-10H,1,6-8H2,2H3/b5-4+. The molecule has 0 saturated heterocycles. The summed E-state index contributed by atoms with van der Waals surface area (Å²) in [6.45, 7) is 5.66. The molecule has 1 heteroatoms. The largest absolute Gasteiger partial charge is 0.303 e. The van der Waals surface area contributed by atoms with Gasteiger partial charge in [0.15, 0.2) is 0 Å². The van der Waals surface area contributed by atoms with E-state index >= 15 is 0 Å². The molecule has 0 rings (SSSR count). The van der Waals surface area contributed by atoms with Crippen LogP contribution in [0.15, 0.2) is 24.8 Å². The molecule has 0 radical (unpaired) electrons. The summed E-state index contributed by atoms with van der Waals surface area (Å²) >= 11 is 0. The molecule has 62 valence electrons. The van der Waals surface area contributed by atoms with Crippen LogP contribution in [0.2, 0.25) is 0 Å². The van der Waals surface area contributed by atoms with Gasteiger partial charge in [0.2, 0.25) is 0 Å². The fraction of sp³-hybridized carbons (Fsp3) is 0.500. The highest BCUT2D eigenvalue weighted by Gasteiger charge is 1.97. The quantitative estimate of drug-likeness (QED) is 0.422. The second-order valence-electron chi connectivity index (χ2n) is 2.75.